The Balaban J connectivity index is 1.79. The molecule has 0 radical (unpaired) electrons. The molecule has 27 heavy (non-hydrogen) atoms. The molecule has 3 rings (SSSR count). The van der Waals surface area contributed by atoms with Crippen LogP contribution in [0.5, 0.6) is 0 Å². The number of hydrogen-bond acceptors (Lipinski definition) is 5. The number of carbonyl (C=O) groups excluding carboxylic acids is 2. The lowest BCUT2D eigenvalue weighted by Gasteiger charge is -2.20. The lowest BCUT2D eigenvalue weighted by molar-refractivity contribution is -0.114. The highest BCUT2D eigenvalue weighted by molar-refractivity contribution is 5.93. The molecule has 1 aromatic heterocycles. The largest absolute Gasteiger partial charge is 0.340 e. The normalized spacial score (nSPS) is 14.4. The number of aromatic nitrogens is 2. The van der Waals surface area contributed by atoms with Crippen LogP contribution in [0.15, 0.2) is 30.3 Å². The Hall–Kier alpha value is -2.96. The van der Waals surface area contributed by atoms with Gasteiger partial charge in [-0.05, 0) is 38.0 Å². The van der Waals surface area contributed by atoms with E-state index in [1.54, 1.807) is 13.0 Å². The van der Waals surface area contributed by atoms with E-state index in [0.717, 1.165) is 31.6 Å². The van der Waals surface area contributed by atoms with Gasteiger partial charge in [-0.3, -0.25) is 9.59 Å². The molecule has 0 aliphatic carbocycles. The minimum absolute atomic E-state index is 0.0440. The Labute approximate surface area is 159 Å². The number of carbonyl (C=O) groups is 2. The summed E-state index contributed by atoms with van der Waals surface area (Å²) >= 11 is 0. The maximum Gasteiger partial charge on any atom is 0.272 e. The lowest BCUT2D eigenvalue weighted by Crippen LogP contribution is -2.32. The van der Waals surface area contributed by atoms with Crippen molar-refractivity contribution in [3.05, 3.63) is 41.9 Å². The quantitative estimate of drug-likeness (QED) is 0.863. The number of aryl methyl sites for hydroxylation is 1. The van der Waals surface area contributed by atoms with Gasteiger partial charge in [0.25, 0.3) is 5.91 Å². The van der Waals surface area contributed by atoms with Gasteiger partial charge in [0.05, 0.1) is 0 Å². The molecule has 142 valence electrons. The molecule has 7 heteroatoms. The first-order valence-electron chi connectivity index (χ1n) is 9.31. The molecule has 0 unspecified atom stereocenters. The third kappa shape index (κ3) is 5.26. The van der Waals surface area contributed by atoms with Crippen LogP contribution in [0.3, 0.4) is 0 Å². The van der Waals surface area contributed by atoms with Crippen LogP contribution in [0.1, 0.15) is 48.9 Å². The van der Waals surface area contributed by atoms with E-state index in [9.17, 15) is 9.59 Å². The Morgan fingerprint density at radius 1 is 1.00 bits per heavy atom. The molecule has 1 aromatic carbocycles. The molecule has 0 atom stereocenters. The van der Waals surface area contributed by atoms with Crippen molar-refractivity contribution in [2.75, 3.05) is 23.7 Å². The highest BCUT2D eigenvalue weighted by Crippen LogP contribution is 2.20. The van der Waals surface area contributed by atoms with Gasteiger partial charge in [0.2, 0.25) is 5.91 Å². The summed E-state index contributed by atoms with van der Waals surface area (Å²) < 4.78 is 0. The van der Waals surface area contributed by atoms with Gasteiger partial charge in [-0.25, -0.2) is 9.97 Å². The summed E-state index contributed by atoms with van der Waals surface area (Å²) in [5, 5.41) is 5.94. The molecular weight excluding hydrogens is 342 g/mol. The summed E-state index contributed by atoms with van der Waals surface area (Å²) in [6, 6.07) is 9.02. The van der Waals surface area contributed by atoms with Gasteiger partial charge in [-0.2, -0.15) is 0 Å². The summed E-state index contributed by atoms with van der Waals surface area (Å²) in [4.78, 5) is 34.7. The Morgan fingerprint density at radius 2 is 1.70 bits per heavy atom. The molecular formula is C20H25N5O2. The van der Waals surface area contributed by atoms with Crippen molar-refractivity contribution in [1.29, 1.82) is 0 Å². The van der Waals surface area contributed by atoms with Crippen LogP contribution < -0.4 is 10.6 Å². The van der Waals surface area contributed by atoms with Crippen molar-refractivity contribution in [2.45, 2.75) is 39.5 Å². The highest BCUT2D eigenvalue weighted by atomic mass is 16.2. The molecule has 2 heterocycles. The average Bonchev–Trinajstić information content (AvgIpc) is 2.89. The molecule has 1 fully saturated rings. The summed E-state index contributed by atoms with van der Waals surface area (Å²) in [6.07, 6.45) is 4.42. The monoisotopic (exact) mass is 367 g/mol. The Morgan fingerprint density at radius 3 is 2.41 bits per heavy atom. The molecule has 1 aliphatic heterocycles. The van der Waals surface area contributed by atoms with Crippen LogP contribution in [-0.2, 0) is 4.79 Å². The second-order valence-corrected chi connectivity index (χ2v) is 6.78. The second kappa shape index (κ2) is 8.62. The fourth-order valence-electron chi connectivity index (χ4n) is 3.20. The zero-order valence-electron chi connectivity index (χ0n) is 15.8. The number of benzene rings is 1. The van der Waals surface area contributed by atoms with Crippen molar-refractivity contribution in [3.63, 3.8) is 0 Å². The molecule has 0 spiro atoms. The minimum Gasteiger partial charge on any atom is -0.340 e. The van der Waals surface area contributed by atoms with Gasteiger partial charge in [-0.1, -0.05) is 18.9 Å². The van der Waals surface area contributed by atoms with E-state index in [2.05, 4.69) is 20.6 Å². The highest BCUT2D eigenvalue weighted by Gasteiger charge is 2.19. The van der Waals surface area contributed by atoms with Gasteiger partial charge in [-0.15, -0.1) is 0 Å². The average molecular weight is 367 g/mol. The summed E-state index contributed by atoms with van der Waals surface area (Å²) in [7, 11) is 0. The smallest absolute Gasteiger partial charge is 0.272 e. The first-order valence-corrected chi connectivity index (χ1v) is 9.31. The van der Waals surface area contributed by atoms with Crippen LogP contribution in [0.25, 0.3) is 0 Å². The molecule has 2 N–H and O–H groups in total. The number of nitrogens with zero attached hydrogens (tertiary/aromatic N) is 3. The van der Waals surface area contributed by atoms with Gasteiger partial charge >= 0.3 is 0 Å². The topological polar surface area (TPSA) is 87.2 Å². The van der Waals surface area contributed by atoms with Crippen molar-refractivity contribution >= 4 is 29.0 Å². The van der Waals surface area contributed by atoms with E-state index >= 15 is 0 Å². The van der Waals surface area contributed by atoms with E-state index < -0.39 is 0 Å². The maximum atomic E-state index is 12.8. The molecule has 2 amide bonds. The second-order valence-electron chi connectivity index (χ2n) is 6.78. The van der Waals surface area contributed by atoms with Crippen LogP contribution in [0, 0.1) is 6.92 Å². The first kappa shape index (κ1) is 18.8. The number of nitrogens with one attached hydrogen (secondary N) is 2. The predicted molar refractivity (Wildman–Crippen MR) is 105 cm³/mol. The van der Waals surface area contributed by atoms with Crippen LogP contribution in [0.4, 0.5) is 17.2 Å². The van der Waals surface area contributed by atoms with Crippen LogP contribution in [0.2, 0.25) is 0 Å². The van der Waals surface area contributed by atoms with Gasteiger partial charge in [0.1, 0.15) is 17.3 Å². The van der Waals surface area contributed by atoms with Crippen LogP contribution in [-0.4, -0.2) is 39.8 Å². The molecule has 2 aromatic rings. The standard InChI is InChI=1S/C20H25N5O2/c1-14-21-18(20(27)25-10-5-3-4-6-11-25)13-19(22-14)24-17-9-7-8-16(12-17)23-15(2)26/h7-9,12-13H,3-6,10-11H2,1-2H3,(H,23,26)(H,21,22,24). The molecule has 1 saturated heterocycles. The van der Waals surface area contributed by atoms with Crippen molar-refractivity contribution in [2.24, 2.45) is 0 Å². The number of rotatable bonds is 4. The van der Waals surface area contributed by atoms with E-state index in [0.29, 0.717) is 23.0 Å². The van der Waals surface area contributed by atoms with E-state index in [1.807, 2.05) is 29.2 Å². The fraction of sp³-hybridized carbons (Fsp3) is 0.400. The van der Waals surface area contributed by atoms with Crippen LogP contribution >= 0.6 is 0 Å². The zero-order chi connectivity index (χ0) is 19.2. The fourth-order valence-corrected chi connectivity index (χ4v) is 3.20. The van der Waals surface area contributed by atoms with Crippen molar-refractivity contribution in [3.8, 4) is 0 Å². The van der Waals surface area contributed by atoms with E-state index in [4.69, 9.17) is 0 Å². The maximum absolute atomic E-state index is 12.8. The molecule has 0 bridgehead atoms. The Kier molecular flexibility index (Phi) is 6.01. The first-order chi connectivity index (χ1) is 13.0. The number of anilines is 3. The number of amides is 2. The SMILES string of the molecule is CC(=O)Nc1cccc(Nc2cc(C(=O)N3CCCCCC3)nc(C)n2)c1. The van der Waals surface area contributed by atoms with Crippen molar-refractivity contribution in [1.82, 2.24) is 14.9 Å². The number of hydrogen-bond donors (Lipinski definition) is 2. The Bertz CT molecular complexity index is 829. The van der Waals surface area contributed by atoms with Crippen molar-refractivity contribution < 1.29 is 9.59 Å². The van der Waals surface area contributed by atoms with E-state index in [-0.39, 0.29) is 11.8 Å². The minimum atomic E-state index is -0.129. The van der Waals surface area contributed by atoms with E-state index in [1.165, 1.54) is 19.8 Å². The third-order valence-corrected chi connectivity index (χ3v) is 4.41. The molecule has 1 aliphatic rings. The lowest BCUT2D eigenvalue weighted by atomic mass is 10.2. The predicted octanol–water partition coefficient (Wildman–Crippen LogP) is 3.50. The summed E-state index contributed by atoms with van der Waals surface area (Å²) in [6.45, 7) is 4.81. The summed E-state index contributed by atoms with van der Waals surface area (Å²) in [5.74, 6) is 0.921. The molecule has 7 nitrogen and oxygen atoms in total. The van der Waals surface area contributed by atoms with Gasteiger partial charge in [0, 0.05) is 37.5 Å². The number of likely N-dealkylation sites (tertiary alicyclic amines) is 1. The summed E-state index contributed by atoms with van der Waals surface area (Å²) in [5.41, 5.74) is 1.87. The zero-order valence-corrected chi connectivity index (χ0v) is 15.8. The van der Waals surface area contributed by atoms with Gasteiger partial charge < -0.3 is 15.5 Å². The van der Waals surface area contributed by atoms with Gasteiger partial charge in [0.15, 0.2) is 0 Å². The third-order valence-electron chi connectivity index (χ3n) is 4.41. The molecule has 0 saturated carbocycles.